The molecule has 0 aliphatic heterocycles. The van der Waals surface area contributed by atoms with Gasteiger partial charge in [-0.3, -0.25) is 0 Å². The van der Waals surface area contributed by atoms with Gasteiger partial charge in [0.25, 0.3) is 0 Å². The Morgan fingerprint density at radius 3 is 2.55 bits per heavy atom. The molecule has 0 atom stereocenters. The van der Waals surface area contributed by atoms with Crippen LogP contribution in [0.15, 0.2) is 12.4 Å². The number of anilines is 2. The smallest absolute Gasteiger partial charge is 0.223 e. The summed E-state index contributed by atoms with van der Waals surface area (Å²) in [5, 5.41) is 13.8. The minimum atomic E-state index is -0.150. The van der Waals surface area contributed by atoms with Gasteiger partial charge >= 0.3 is 0 Å². The molecular weight excluding hydrogens is 278 g/mol. The number of fused-ring (bicyclic) bond motifs is 1. The molecule has 2 heterocycles. The average Bonchev–Trinajstić information content (AvgIpc) is 3.35. The third-order valence-electron chi connectivity index (χ3n) is 4.73. The Morgan fingerprint density at radius 2 is 1.82 bits per heavy atom. The normalized spacial score (nSPS) is 25.3. The van der Waals surface area contributed by atoms with Crippen LogP contribution in [0, 0.1) is 0 Å². The van der Waals surface area contributed by atoms with Gasteiger partial charge in [-0.05, 0) is 44.4 Å². The average molecular weight is 299 g/mol. The molecule has 2 aliphatic carbocycles. The zero-order valence-electron chi connectivity index (χ0n) is 12.5. The van der Waals surface area contributed by atoms with E-state index < -0.39 is 0 Å². The summed E-state index contributed by atoms with van der Waals surface area (Å²) >= 11 is 0. The van der Waals surface area contributed by atoms with Crippen LogP contribution in [0.25, 0.3) is 10.9 Å². The summed E-state index contributed by atoms with van der Waals surface area (Å²) in [6.45, 7) is 0. The molecule has 2 aromatic heterocycles. The van der Waals surface area contributed by atoms with E-state index in [2.05, 4.69) is 15.3 Å². The van der Waals surface area contributed by atoms with E-state index in [1.54, 1.807) is 6.20 Å². The summed E-state index contributed by atoms with van der Waals surface area (Å²) in [4.78, 5) is 13.4. The SMILES string of the molecule is Nc1ncc(C2CC2)c2nc(N[C@H]3CC[C@H](O)CC3)ncc12. The molecule has 116 valence electrons. The van der Waals surface area contributed by atoms with Crippen molar-refractivity contribution >= 4 is 22.7 Å². The van der Waals surface area contributed by atoms with Crippen molar-refractivity contribution in [1.29, 1.82) is 0 Å². The molecule has 0 unspecified atom stereocenters. The second-order valence-corrected chi connectivity index (χ2v) is 6.48. The molecule has 6 nitrogen and oxygen atoms in total. The minimum Gasteiger partial charge on any atom is -0.393 e. The lowest BCUT2D eigenvalue weighted by Crippen LogP contribution is -2.28. The Balaban J connectivity index is 1.63. The lowest BCUT2D eigenvalue weighted by atomic mass is 9.93. The van der Waals surface area contributed by atoms with Crippen LogP contribution in [0.2, 0.25) is 0 Å². The molecular formula is C16H21N5O. The molecule has 4 rings (SSSR count). The van der Waals surface area contributed by atoms with Crippen molar-refractivity contribution in [2.75, 3.05) is 11.1 Å². The molecule has 0 saturated heterocycles. The molecule has 2 saturated carbocycles. The Kier molecular flexibility index (Phi) is 3.33. The second-order valence-electron chi connectivity index (χ2n) is 6.48. The van der Waals surface area contributed by atoms with Crippen molar-refractivity contribution in [2.24, 2.45) is 0 Å². The molecule has 6 heteroatoms. The van der Waals surface area contributed by atoms with Gasteiger partial charge in [0, 0.05) is 24.0 Å². The van der Waals surface area contributed by atoms with E-state index in [1.165, 1.54) is 18.4 Å². The number of rotatable bonds is 3. The van der Waals surface area contributed by atoms with Crippen LogP contribution < -0.4 is 11.1 Å². The number of hydrogen-bond acceptors (Lipinski definition) is 6. The first-order valence-electron chi connectivity index (χ1n) is 8.06. The number of nitrogens with zero attached hydrogens (tertiary/aromatic N) is 3. The molecule has 4 N–H and O–H groups in total. The summed E-state index contributed by atoms with van der Waals surface area (Å²) in [7, 11) is 0. The number of aliphatic hydroxyl groups is 1. The molecule has 2 aliphatic rings. The summed E-state index contributed by atoms with van der Waals surface area (Å²) in [5.74, 6) is 1.72. The fraction of sp³-hybridized carbons (Fsp3) is 0.562. The molecule has 2 aromatic rings. The molecule has 22 heavy (non-hydrogen) atoms. The molecule has 2 fully saturated rings. The third kappa shape index (κ3) is 2.59. The monoisotopic (exact) mass is 299 g/mol. The summed E-state index contributed by atoms with van der Waals surface area (Å²) < 4.78 is 0. The highest BCUT2D eigenvalue weighted by Crippen LogP contribution is 2.43. The van der Waals surface area contributed by atoms with Crippen LogP contribution in [0.4, 0.5) is 11.8 Å². The topological polar surface area (TPSA) is 97.0 Å². The van der Waals surface area contributed by atoms with Gasteiger partial charge in [-0.25, -0.2) is 15.0 Å². The Morgan fingerprint density at radius 1 is 1.05 bits per heavy atom. The van der Waals surface area contributed by atoms with E-state index in [-0.39, 0.29) is 6.10 Å². The van der Waals surface area contributed by atoms with Gasteiger partial charge in [0.2, 0.25) is 5.95 Å². The first-order chi connectivity index (χ1) is 10.7. The van der Waals surface area contributed by atoms with E-state index in [0.717, 1.165) is 36.6 Å². The van der Waals surface area contributed by atoms with Crippen molar-refractivity contribution in [2.45, 2.75) is 56.6 Å². The highest BCUT2D eigenvalue weighted by atomic mass is 16.3. The van der Waals surface area contributed by atoms with Gasteiger partial charge in [0.05, 0.1) is 17.0 Å². The van der Waals surface area contributed by atoms with Crippen LogP contribution in [0.3, 0.4) is 0 Å². The van der Waals surface area contributed by atoms with Gasteiger partial charge in [0.15, 0.2) is 0 Å². The van der Waals surface area contributed by atoms with Crippen molar-refractivity contribution in [3.05, 3.63) is 18.0 Å². The maximum atomic E-state index is 9.59. The van der Waals surface area contributed by atoms with Crippen molar-refractivity contribution in [1.82, 2.24) is 15.0 Å². The van der Waals surface area contributed by atoms with Crippen molar-refractivity contribution in [3.8, 4) is 0 Å². The van der Waals surface area contributed by atoms with E-state index in [4.69, 9.17) is 10.7 Å². The second kappa shape index (κ2) is 5.35. The van der Waals surface area contributed by atoms with Crippen LogP contribution in [0.1, 0.15) is 50.0 Å². The van der Waals surface area contributed by atoms with E-state index >= 15 is 0 Å². The van der Waals surface area contributed by atoms with Crippen molar-refractivity contribution in [3.63, 3.8) is 0 Å². The highest BCUT2D eigenvalue weighted by Gasteiger charge is 2.27. The number of pyridine rings is 1. The third-order valence-corrected chi connectivity index (χ3v) is 4.73. The molecule has 0 amide bonds. The fourth-order valence-corrected chi connectivity index (χ4v) is 3.22. The number of aliphatic hydroxyl groups excluding tert-OH is 1. The van der Waals surface area contributed by atoms with E-state index in [0.29, 0.717) is 23.7 Å². The first kappa shape index (κ1) is 13.7. The Hall–Kier alpha value is -1.95. The first-order valence-corrected chi connectivity index (χ1v) is 8.06. The van der Waals surface area contributed by atoms with Crippen LogP contribution in [0.5, 0.6) is 0 Å². The zero-order valence-corrected chi connectivity index (χ0v) is 12.5. The van der Waals surface area contributed by atoms with Gasteiger partial charge in [-0.2, -0.15) is 0 Å². The number of nitrogens with one attached hydrogen (secondary N) is 1. The van der Waals surface area contributed by atoms with Crippen LogP contribution in [-0.4, -0.2) is 32.2 Å². The van der Waals surface area contributed by atoms with Crippen molar-refractivity contribution < 1.29 is 5.11 Å². The summed E-state index contributed by atoms with van der Waals surface area (Å²) in [6.07, 6.45) is 9.49. The molecule has 0 bridgehead atoms. The molecule has 0 aromatic carbocycles. The predicted molar refractivity (Wildman–Crippen MR) is 85.6 cm³/mol. The Labute approximate surface area is 129 Å². The molecule has 0 radical (unpaired) electrons. The minimum absolute atomic E-state index is 0.150. The largest absolute Gasteiger partial charge is 0.393 e. The highest BCUT2D eigenvalue weighted by molar-refractivity contribution is 5.90. The standard InChI is InChI=1S/C16H21N5O/c17-15-13-8-19-16(20-10-3-5-11(22)6-4-10)21-14(13)12(7-18-15)9-1-2-9/h7-11,22H,1-6H2,(H2,17,18)(H,19,20,21)/t10-,11-. The van der Waals surface area contributed by atoms with E-state index in [1.807, 2.05) is 6.20 Å². The fourth-order valence-electron chi connectivity index (χ4n) is 3.22. The van der Waals surface area contributed by atoms with Gasteiger partial charge in [-0.1, -0.05) is 0 Å². The number of aromatic nitrogens is 3. The summed E-state index contributed by atoms with van der Waals surface area (Å²) in [5.41, 5.74) is 8.08. The quantitative estimate of drug-likeness (QED) is 0.804. The number of nitrogen functional groups attached to an aromatic ring is 1. The van der Waals surface area contributed by atoms with Crippen LogP contribution in [-0.2, 0) is 0 Å². The van der Waals surface area contributed by atoms with Gasteiger partial charge in [-0.15, -0.1) is 0 Å². The predicted octanol–water partition coefficient (Wildman–Crippen LogP) is 2.20. The lowest BCUT2D eigenvalue weighted by Gasteiger charge is -2.26. The van der Waals surface area contributed by atoms with E-state index in [9.17, 15) is 5.11 Å². The van der Waals surface area contributed by atoms with Gasteiger partial charge < -0.3 is 16.2 Å². The zero-order chi connectivity index (χ0) is 15.1. The summed E-state index contributed by atoms with van der Waals surface area (Å²) in [6, 6.07) is 0.337. The maximum absolute atomic E-state index is 9.59. The number of hydrogen-bond donors (Lipinski definition) is 3. The van der Waals surface area contributed by atoms with Crippen LogP contribution >= 0.6 is 0 Å². The maximum Gasteiger partial charge on any atom is 0.223 e. The number of nitrogens with two attached hydrogens (primary N) is 1. The lowest BCUT2D eigenvalue weighted by molar-refractivity contribution is 0.126. The van der Waals surface area contributed by atoms with Gasteiger partial charge in [0.1, 0.15) is 5.82 Å². The molecule has 0 spiro atoms. The Bertz CT molecular complexity index is 692.